The fraction of sp³-hybridized carbons (Fsp3) is 0.565. The Morgan fingerprint density at radius 2 is 1.87 bits per heavy atom. The lowest BCUT2D eigenvalue weighted by atomic mass is 9.87. The third-order valence-electron chi connectivity index (χ3n) is 6.51. The highest BCUT2D eigenvalue weighted by molar-refractivity contribution is 6.05. The van der Waals surface area contributed by atoms with E-state index in [1.54, 1.807) is 6.07 Å². The van der Waals surface area contributed by atoms with Crippen LogP contribution in [0.3, 0.4) is 0 Å². The van der Waals surface area contributed by atoms with Gasteiger partial charge >= 0.3 is 0 Å². The van der Waals surface area contributed by atoms with Crippen molar-refractivity contribution in [1.29, 1.82) is 0 Å². The predicted molar refractivity (Wildman–Crippen MR) is 110 cm³/mol. The third-order valence-corrected chi connectivity index (χ3v) is 6.51. The van der Waals surface area contributed by atoms with Gasteiger partial charge in [-0.2, -0.15) is 0 Å². The lowest BCUT2D eigenvalue weighted by Gasteiger charge is -2.33. The minimum atomic E-state index is -0.709. The average molecular weight is 429 g/mol. The maximum absolute atomic E-state index is 15.0. The Hall–Kier alpha value is -2.77. The predicted octanol–water partition coefficient (Wildman–Crippen LogP) is 2.34. The van der Waals surface area contributed by atoms with E-state index in [4.69, 9.17) is 0 Å². The monoisotopic (exact) mass is 429 g/mol. The fourth-order valence-electron chi connectivity index (χ4n) is 4.84. The maximum Gasteiger partial charge on any atom is 0.255 e. The summed E-state index contributed by atoms with van der Waals surface area (Å²) >= 11 is 0. The fourth-order valence-corrected chi connectivity index (χ4v) is 4.84. The lowest BCUT2D eigenvalue weighted by molar-refractivity contribution is -0.137. The summed E-state index contributed by atoms with van der Waals surface area (Å²) < 4.78 is 15.0. The molecule has 0 spiro atoms. The Bertz CT molecular complexity index is 937. The molecule has 7 nitrogen and oxygen atoms in total. The molecule has 1 atom stereocenters. The van der Waals surface area contributed by atoms with Crippen molar-refractivity contribution in [1.82, 2.24) is 15.1 Å². The summed E-state index contributed by atoms with van der Waals surface area (Å²) in [7, 11) is 0. The minimum absolute atomic E-state index is 0.00634. The summed E-state index contributed by atoms with van der Waals surface area (Å²) in [6.07, 6.45) is 2.36. The second-order valence-corrected chi connectivity index (χ2v) is 9.18. The van der Waals surface area contributed by atoms with Crippen molar-refractivity contribution in [3.63, 3.8) is 0 Å². The standard InChI is InChI=1S/C23H28FN3O4/c1-13(2)9-21(29)26-7-5-14(6-8-26)16-10-15-12-27(23(31)17(15)11-18(16)24)19-3-4-20(28)25-22(19)30/h10-11,13-14,19H,3-9,12H2,1-2H3,(H,25,28,30). The van der Waals surface area contributed by atoms with E-state index in [1.807, 2.05) is 18.7 Å². The minimum Gasteiger partial charge on any atom is -0.343 e. The number of benzene rings is 1. The number of rotatable bonds is 4. The van der Waals surface area contributed by atoms with Crippen molar-refractivity contribution in [3.8, 4) is 0 Å². The van der Waals surface area contributed by atoms with Gasteiger partial charge in [0, 0.05) is 38.0 Å². The second-order valence-electron chi connectivity index (χ2n) is 9.18. The summed E-state index contributed by atoms with van der Waals surface area (Å²) in [5.41, 5.74) is 1.58. The summed E-state index contributed by atoms with van der Waals surface area (Å²) in [6, 6.07) is 2.33. The van der Waals surface area contributed by atoms with Gasteiger partial charge in [-0.3, -0.25) is 24.5 Å². The van der Waals surface area contributed by atoms with Crippen molar-refractivity contribution in [3.05, 3.63) is 34.6 Å². The Morgan fingerprint density at radius 3 is 2.52 bits per heavy atom. The molecule has 0 saturated carbocycles. The number of imide groups is 1. The molecule has 0 aliphatic carbocycles. The van der Waals surface area contributed by atoms with Gasteiger partial charge in [-0.25, -0.2) is 4.39 Å². The van der Waals surface area contributed by atoms with E-state index in [0.717, 1.165) is 0 Å². The summed E-state index contributed by atoms with van der Waals surface area (Å²) in [5, 5.41) is 2.27. The van der Waals surface area contributed by atoms with E-state index >= 15 is 0 Å². The second kappa shape index (κ2) is 8.40. The maximum atomic E-state index is 15.0. The van der Waals surface area contributed by atoms with Crippen molar-refractivity contribution >= 4 is 23.6 Å². The van der Waals surface area contributed by atoms with E-state index in [0.29, 0.717) is 49.4 Å². The molecule has 0 aromatic heterocycles. The number of hydrogen-bond acceptors (Lipinski definition) is 4. The Labute approximate surface area is 180 Å². The summed E-state index contributed by atoms with van der Waals surface area (Å²) in [4.78, 5) is 52.0. The molecular formula is C23H28FN3O4. The lowest BCUT2D eigenvalue weighted by Crippen LogP contribution is -2.52. The van der Waals surface area contributed by atoms with Gasteiger partial charge in [-0.1, -0.05) is 19.9 Å². The zero-order valence-corrected chi connectivity index (χ0v) is 17.9. The molecule has 3 aliphatic rings. The molecular weight excluding hydrogens is 401 g/mol. The zero-order valence-electron chi connectivity index (χ0n) is 17.9. The normalized spacial score (nSPS) is 22.2. The van der Waals surface area contributed by atoms with Crippen LogP contribution >= 0.6 is 0 Å². The van der Waals surface area contributed by atoms with E-state index in [2.05, 4.69) is 5.32 Å². The van der Waals surface area contributed by atoms with Crippen LogP contribution < -0.4 is 5.32 Å². The van der Waals surface area contributed by atoms with Crippen LogP contribution in [0.2, 0.25) is 0 Å². The van der Waals surface area contributed by atoms with Crippen LogP contribution in [0.1, 0.15) is 73.4 Å². The van der Waals surface area contributed by atoms with E-state index in [9.17, 15) is 23.6 Å². The van der Waals surface area contributed by atoms with Crippen molar-refractivity contribution in [2.45, 2.75) is 64.5 Å². The highest BCUT2D eigenvalue weighted by Gasteiger charge is 2.40. The first-order chi connectivity index (χ1) is 14.7. The molecule has 8 heteroatoms. The number of fused-ring (bicyclic) bond motifs is 1. The van der Waals surface area contributed by atoms with Crippen LogP contribution in [-0.4, -0.2) is 52.6 Å². The van der Waals surface area contributed by atoms with Gasteiger partial charge in [0.25, 0.3) is 5.91 Å². The molecule has 0 bridgehead atoms. The number of amides is 4. The number of halogens is 1. The first-order valence-corrected chi connectivity index (χ1v) is 11.0. The van der Waals surface area contributed by atoms with Gasteiger partial charge in [0.05, 0.1) is 0 Å². The van der Waals surface area contributed by atoms with Gasteiger partial charge in [-0.15, -0.1) is 0 Å². The van der Waals surface area contributed by atoms with E-state index in [1.165, 1.54) is 11.0 Å². The van der Waals surface area contributed by atoms with Crippen LogP contribution in [0.5, 0.6) is 0 Å². The molecule has 2 fully saturated rings. The molecule has 2 saturated heterocycles. The number of nitrogens with one attached hydrogen (secondary N) is 1. The van der Waals surface area contributed by atoms with Crippen LogP contribution in [0.25, 0.3) is 0 Å². The number of nitrogens with zero attached hydrogens (tertiary/aromatic N) is 2. The van der Waals surface area contributed by atoms with E-state index in [-0.39, 0.29) is 48.6 Å². The molecule has 3 heterocycles. The van der Waals surface area contributed by atoms with Crippen molar-refractivity contribution in [2.75, 3.05) is 13.1 Å². The Kier molecular flexibility index (Phi) is 5.81. The van der Waals surface area contributed by atoms with Gasteiger partial charge < -0.3 is 9.80 Å². The molecule has 0 radical (unpaired) electrons. The van der Waals surface area contributed by atoms with Gasteiger partial charge in [0.2, 0.25) is 17.7 Å². The Balaban J connectivity index is 1.47. The molecule has 1 N–H and O–H groups in total. The molecule has 4 rings (SSSR count). The number of carbonyl (C=O) groups is 4. The number of hydrogen-bond donors (Lipinski definition) is 1. The highest BCUT2D eigenvalue weighted by atomic mass is 19.1. The highest BCUT2D eigenvalue weighted by Crippen LogP contribution is 2.35. The molecule has 1 aromatic rings. The summed E-state index contributed by atoms with van der Waals surface area (Å²) in [5.74, 6) is -1.15. The van der Waals surface area contributed by atoms with E-state index < -0.39 is 17.8 Å². The molecule has 31 heavy (non-hydrogen) atoms. The SMILES string of the molecule is CC(C)CC(=O)N1CCC(c2cc3c(cc2F)C(=O)N(C2CCC(=O)NC2=O)C3)CC1. The van der Waals surface area contributed by atoms with Gasteiger partial charge in [-0.05, 0) is 48.3 Å². The third kappa shape index (κ3) is 4.20. The van der Waals surface area contributed by atoms with Crippen LogP contribution in [0.15, 0.2) is 12.1 Å². The van der Waals surface area contributed by atoms with Crippen LogP contribution in [-0.2, 0) is 20.9 Å². The number of carbonyl (C=O) groups excluding carboxylic acids is 4. The van der Waals surface area contributed by atoms with Crippen LogP contribution in [0.4, 0.5) is 4.39 Å². The average Bonchev–Trinajstić information content (AvgIpc) is 3.02. The first kappa shape index (κ1) is 21.5. The Morgan fingerprint density at radius 1 is 1.16 bits per heavy atom. The molecule has 1 aromatic carbocycles. The van der Waals surface area contributed by atoms with Gasteiger partial charge in [0.15, 0.2) is 0 Å². The molecule has 1 unspecified atom stereocenters. The van der Waals surface area contributed by atoms with Gasteiger partial charge in [0.1, 0.15) is 11.9 Å². The van der Waals surface area contributed by atoms with Crippen LogP contribution in [0, 0.1) is 11.7 Å². The molecule has 166 valence electrons. The molecule has 4 amide bonds. The quantitative estimate of drug-likeness (QED) is 0.745. The van der Waals surface area contributed by atoms with Crippen molar-refractivity contribution < 1.29 is 23.6 Å². The smallest absolute Gasteiger partial charge is 0.255 e. The number of likely N-dealkylation sites (tertiary alicyclic amines) is 1. The topological polar surface area (TPSA) is 86.8 Å². The first-order valence-electron chi connectivity index (χ1n) is 11.0. The van der Waals surface area contributed by atoms with Crippen molar-refractivity contribution in [2.24, 2.45) is 5.92 Å². The summed E-state index contributed by atoms with van der Waals surface area (Å²) in [6.45, 7) is 5.48. The number of piperidine rings is 2. The molecule has 3 aliphatic heterocycles. The zero-order chi connectivity index (χ0) is 22.3. The largest absolute Gasteiger partial charge is 0.343 e.